The zero-order valence-corrected chi connectivity index (χ0v) is 12.8. The Labute approximate surface area is 137 Å². The van der Waals surface area contributed by atoms with Gasteiger partial charge in [-0.25, -0.2) is 18.6 Å². The number of cyclic esters (lactones) is 1. The molecule has 1 heterocycles. The van der Waals surface area contributed by atoms with E-state index in [9.17, 15) is 13.6 Å². The van der Waals surface area contributed by atoms with Gasteiger partial charge >= 0.3 is 5.97 Å². The number of benzene rings is 2. The van der Waals surface area contributed by atoms with Crippen molar-refractivity contribution in [3.05, 3.63) is 70.9 Å². The van der Waals surface area contributed by atoms with Gasteiger partial charge in [0.1, 0.15) is 5.75 Å². The van der Waals surface area contributed by atoms with Crippen LogP contribution in [0.25, 0.3) is 6.08 Å². The van der Waals surface area contributed by atoms with Crippen LogP contribution in [0.2, 0.25) is 0 Å². The average Bonchev–Trinajstić information content (AvgIpc) is 2.93. The molecule has 0 aliphatic carbocycles. The highest BCUT2D eigenvalue weighted by atomic mass is 19.2. The van der Waals surface area contributed by atoms with Gasteiger partial charge in [-0.3, -0.25) is 0 Å². The van der Waals surface area contributed by atoms with Gasteiger partial charge in [0.05, 0.1) is 6.61 Å². The molecule has 6 heteroatoms. The molecular weight excluding hydrogens is 316 g/mol. The molecule has 4 nitrogen and oxygen atoms in total. The molecule has 0 saturated heterocycles. The van der Waals surface area contributed by atoms with Crippen LogP contribution in [-0.2, 0) is 9.53 Å². The van der Waals surface area contributed by atoms with E-state index >= 15 is 0 Å². The SMILES string of the molecule is CCOc1ccc(/C=C2/N=C(c3ccc(F)c(F)c3)OC2=O)cc1. The van der Waals surface area contributed by atoms with Crippen molar-refractivity contribution in [3.8, 4) is 5.75 Å². The lowest BCUT2D eigenvalue weighted by atomic mass is 10.2. The lowest BCUT2D eigenvalue weighted by molar-refractivity contribution is -0.129. The Morgan fingerprint density at radius 2 is 1.88 bits per heavy atom. The molecule has 0 fully saturated rings. The van der Waals surface area contributed by atoms with Gasteiger partial charge in [0.15, 0.2) is 17.3 Å². The average molecular weight is 329 g/mol. The molecule has 0 radical (unpaired) electrons. The third kappa shape index (κ3) is 3.32. The van der Waals surface area contributed by atoms with Crippen molar-refractivity contribution in [1.29, 1.82) is 0 Å². The topological polar surface area (TPSA) is 47.9 Å². The number of carbonyl (C=O) groups excluding carboxylic acids is 1. The minimum Gasteiger partial charge on any atom is -0.494 e. The summed E-state index contributed by atoms with van der Waals surface area (Å²) in [5, 5.41) is 0. The van der Waals surface area contributed by atoms with Gasteiger partial charge in [0.25, 0.3) is 0 Å². The van der Waals surface area contributed by atoms with Gasteiger partial charge in [0, 0.05) is 5.56 Å². The van der Waals surface area contributed by atoms with E-state index in [0.29, 0.717) is 6.61 Å². The highest BCUT2D eigenvalue weighted by Gasteiger charge is 2.24. The van der Waals surface area contributed by atoms with Crippen LogP contribution in [0.1, 0.15) is 18.1 Å². The van der Waals surface area contributed by atoms with Crippen LogP contribution in [0.5, 0.6) is 5.75 Å². The standard InChI is InChI=1S/C18H13F2NO3/c1-2-23-13-6-3-11(4-7-13)9-16-18(22)24-17(21-16)12-5-8-14(19)15(20)10-12/h3-10H,2H2,1H3/b16-9+. The van der Waals surface area contributed by atoms with E-state index < -0.39 is 17.6 Å². The molecule has 24 heavy (non-hydrogen) atoms. The second-order valence-electron chi connectivity index (χ2n) is 4.97. The maximum atomic E-state index is 13.3. The molecule has 0 bridgehead atoms. The number of esters is 1. The Hall–Kier alpha value is -3.02. The molecule has 0 spiro atoms. The summed E-state index contributed by atoms with van der Waals surface area (Å²) < 4.78 is 36.6. The van der Waals surface area contributed by atoms with Gasteiger partial charge in [-0.05, 0) is 48.9 Å². The van der Waals surface area contributed by atoms with Crippen molar-refractivity contribution in [3.63, 3.8) is 0 Å². The third-order valence-corrected chi connectivity index (χ3v) is 3.28. The van der Waals surface area contributed by atoms with Crippen molar-refractivity contribution >= 4 is 17.9 Å². The van der Waals surface area contributed by atoms with E-state index in [1.54, 1.807) is 30.3 Å². The van der Waals surface area contributed by atoms with E-state index in [1.165, 1.54) is 6.07 Å². The number of hydrogen-bond acceptors (Lipinski definition) is 4. The van der Waals surface area contributed by atoms with Crippen LogP contribution in [0.4, 0.5) is 8.78 Å². The molecule has 0 amide bonds. The largest absolute Gasteiger partial charge is 0.494 e. The molecule has 3 rings (SSSR count). The van der Waals surface area contributed by atoms with Crippen molar-refractivity contribution in [1.82, 2.24) is 0 Å². The summed E-state index contributed by atoms with van der Waals surface area (Å²) in [5.41, 5.74) is 1.01. The van der Waals surface area contributed by atoms with Crippen molar-refractivity contribution < 1.29 is 23.0 Å². The number of nitrogens with zero attached hydrogens (tertiary/aromatic N) is 1. The third-order valence-electron chi connectivity index (χ3n) is 3.28. The zero-order chi connectivity index (χ0) is 17.1. The minimum atomic E-state index is -1.03. The number of hydrogen-bond donors (Lipinski definition) is 0. The lowest BCUT2D eigenvalue weighted by Gasteiger charge is -2.02. The van der Waals surface area contributed by atoms with Gasteiger partial charge in [0.2, 0.25) is 5.90 Å². The van der Waals surface area contributed by atoms with Crippen LogP contribution >= 0.6 is 0 Å². The fraction of sp³-hybridized carbons (Fsp3) is 0.111. The number of ether oxygens (including phenoxy) is 2. The molecule has 0 unspecified atom stereocenters. The van der Waals surface area contributed by atoms with E-state index in [1.807, 2.05) is 6.92 Å². The quantitative estimate of drug-likeness (QED) is 0.635. The number of carbonyl (C=O) groups is 1. The number of halogens is 2. The maximum absolute atomic E-state index is 13.3. The Morgan fingerprint density at radius 1 is 1.12 bits per heavy atom. The van der Waals surface area contributed by atoms with E-state index in [0.717, 1.165) is 23.4 Å². The Balaban J connectivity index is 1.86. The predicted octanol–water partition coefficient (Wildman–Crippen LogP) is 3.71. The summed E-state index contributed by atoms with van der Waals surface area (Å²) in [4.78, 5) is 15.9. The highest BCUT2D eigenvalue weighted by Crippen LogP contribution is 2.21. The first-order valence-electron chi connectivity index (χ1n) is 7.27. The summed E-state index contributed by atoms with van der Waals surface area (Å²) in [5.74, 6) is -2.00. The fourth-order valence-corrected chi connectivity index (χ4v) is 2.15. The second-order valence-corrected chi connectivity index (χ2v) is 4.97. The second kappa shape index (κ2) is 6.62. The van der Waals surface area contributed by atoms with Crippen molar-refractivity contribution in [2.75, 3.05) is 6.61 Å². The molecule has 0 saturated carbocycles. The van der Waals surface area contributed by atoms with Crippen LogP contribution in [0.3, 0.4) is 0 Å². The molecule has 2 aromatic carbocycles. The van der Waals surface area contributed by atoms with Crippen molar-refractivity contribution in [2.24, 2.45) is 4.99 Å². The minimum absolute atomic E-state index is 0.0592. The summed E-state index contributed by atoms with van der Waals surface area (Å²) in [6.45, 7) is 2.45. The first-order chi connectivity index (χ1) is 11.6. The van der Waals surface area contributed by atoms with Crippen LogP contribution in [-0.4, -0.2) is 18.5 Å². The van der Waals surface area contributed by atoms with Crippen LogP contribution in [0.15, 0.2) is 53.2 Å². The first kappa shape index (κ1) is 15.9. The van der Waals surface area contributed by atoms with Crippen molar-refractivity contribution in [2.45, 2.75) is 6.92 Å². The first-order valence-corrected chi connectivity index (χ1v) is 7.27. The Morgan fingerprint density at radius 3 is 2.54 bits per heavy atom. The predicted molar refractivity (Wildman–Crippen MR) is 84.6 cm³/mol. The molecule has 0 aromatic heterocycles. The molecule has 122 valence electrons. The van der Waals surface area contributed by atoms with E-state index in [4.69, 9.17) is 9.47 Å². The molecular formula is C18H13F2NO3. The van der Waals surface area contributed by atoms with Gasteiger partial charge in [-0.15, -0.1) is 0 Å². The highest BCUT2D eigenvalue weighted by molar-refractivity contribution is 6.12. The zero-order valence-electron chi connectivity index (χ0n) is 12.8. The Kier molecular flexibility index (Phi) is 4.37. The van der Waals surface area contributed by atoms with E-state index in [-0.39, 0.29) is 17.2 Å². The van der Waals surface area contributed by atoms with Gasteiger partial charge in [-0.1, -0.05) is 12.1 Å². The summed E-state index contributed by atoms with van der Waals surface area (Å²) in [6.07, 6.45) is 1.55. The Bertz CT molecular complexity index is 842. The molecule has 1 aliphatic heterocycles. The normalized spacial score (nSPS) is 15.4. The maximum Gasteiger partial charge on any atom is 0.363 e. The molecule has 0 N–H and O–H groups in total. The smallest absolute Gasteiger partial charge is 0.363 e. The summed E-state index contributed by atoms with van der Waals surface area (Å²) in [6, 6.07) is 10.3. The monoisotopic (exact) mass is 329 g/mol. The molecule has 1 aliphatic rings. The van der Waals surface area contributed by atoms with E-state index in [2.05, 4.69) is 4.99 Å². The van der Waals surface area contributed by atoms with Gasteiger partial charge < -0.3 is 9.47 Å². The van der Waals surface area contributed by atoms with Crippen LogP contribution < -0.4 is 4.74 Å². The van der Waals surface area contributed by atoms with Gasteiger partial charge in [-0.2, -0.15) is 0 Å². The number of rotatable bonds is 4. The molecule has 0 atom stereocenters. The number of aliphatic imine (C=N–C) groups is 1. The summed E-state index contributed by atoms with van der Waals surface area (Å²) >= 11 is 0. The van der Waals surface area contributed by atoms with Crippen LogP contribution in [0, 0.1) is 11.6 Å². The molecule has 2 aromatic rings. The summed E-state index contributed by atoms with van der Waals surface area (Å²) in [7, 11) is 0. The lowest BCUT2D eigenvalue weighted by Crippen LogP contribution is -2.06. The fourth-order valence-electron chi connectivity index (χ4n) is 2.15.